The van der Waals surface area contributed by atoms with Gasteiger partial charge in [0.15, 0.2) is 0 Å². The number of carbonyl (C=O) groups excluding carboxylic acids is 1. The number of likely N-dealkylation sites (tertiary alicyclic amines) is 1. The van der Waals surface area contributed by atoms with Crippen LogP contribution in [0.4, 0.5) is 4.79 Å². The lowest BCUT2D eigenvalue weighted by molar-refractivity contribution is 0.0160. The lowest BCUT2D eigenvalue weighted by Gasteiger charge is -2.30. The molecule has 3 aliphatic rings. The normalized spacial score (nSPS) is 26.6. The van der Waals surface area contributed by atoms with Gasteiger partial charge in [-0.2, -0.15) is 0 Å². The molecule has 1 aliphatic heterocycles. The number of benzene rings is 3. The predicted molar refractivity (Wildman–Crippen MR) is 189 cm³/mol. The Morgan fingerprint density at radius 2 is 1.71 bits per heavy atom. The van der Waals surface area contributed by atoms with Gasteiger partial charge in [0.25, 0.3) is 0 Å². The Balaban J connectivity index is 0.981. The zero-order valence-corrected chi connectivity index (χ0v) is 28.8. The Morgan fingerprint density at radius 3 is 2.44 bits per heavy atom. The monoisotopic (exact) mass is 640 g/mol. The first-order chi connectivity index (χ1) is 22.9. The summed E-state index contributed by atoms with van der Waals surface area (Å²) in [4.78, 5) is 31.9. The Morgan fingerprint density at radius 1 is 0.979 bits per heavy atom. The molecule has 3 fully saturated rings. The Bertz CT molecular complexity index is 2090. The summed E-state index contributed by atoms with van der Waals surface area (Å²) >= 11 is 0. The molecule has 2 aliphatic carbocycles. The number of amides is 1. The lowest BCUT2D eigenvalue weighted by Crippen LogP contribution is -2.39. The minimum atomic E-state index is -0.541. The van der Waals surface area contributed by atoms with Gasteiger partial charge in [0, 0.05) is 28.6 Å². The summed E-state index contributed by atoms with van der Waals surface area (Å²) in [5.41, 5.74) is 5.34. The van der Waals surface area contributed by atoms with E-state index in [0.717, 1.165) is 74.1 Å². The number of aromatic nitrogens is 4. The van der Waals surface area contributed by atoms with E-state index in [4.69, 9.17) is 9.72 Å². The third kappa shape index (κ3) is 5.54. The standard InChI is InChI=1S/C40H44N6O2/c1-21-22(2)34(21)42-24(4)37-41-20-32(44-37)27-13-10-25(11-14-27)8-9-26-12-16-29-28(18-26)15-17-31-35(29)45-38(43-31)33-19-30-23(3)36(30)46(33)39(47)48-40(5,6)7/h10-18,20-24,30,33-34,36,42H,19H2,1-7H3,(H,41,44)(H,43,45). The molecule has 0 spiro atoms. The summed E-state index contributed by atoms with van der Waals surface area (Å²) in [5, 5.41) is 5.84. The number of nitrogens with one attached hydrogen (secondary N) is 3. The van der Waals surface area contributed by atoms with Gasteiger partial charge in [0.2, 0.25) is 0 Å². The first-order valence-electron chi connectivity index (χ1n) is 17.3. The number of fused-ring (bicyclic) bond motifs is 4. The highest BCUT2D eigenvalue weighted by molar-refractivity contribution is 6.04. The third-order valence-corrected chi connectivity index (χ3v) is 10.9. The molecule has 5 aromatic rings. The number of nitrogens with zero attached hydrogens (tertiary/aromatic N) is 3. The molecule has 1 amide bonds. The number of imidazole rings is 2. The van der Waals surface area contributed by atoms with E-state index in [1.54, 1.807) is 0 Å². The molecule has 8 nitrogen and oxygen atoms in total. The van der Waals surface area contributed by atoms with Crippen molar-refractivity contribution in [3.8, 4) is 23.1 Å². The average Bonchev–Trinajstić information content (AvgIpc) is 3.57. The van der Waals surface area contributed by atoms with Gasteiger partial charge < -0.3 is 20.0 Å². The summed E-state index contributed by atoms with van der Waals surface area (Å²) in [5.74, 6) is 10.9. The van der Waals surface area contributed by atoms with Crippen molar-refractivity contribution >= 4 is 27.9 Å². The topological polar surface area (TPSA) is 98.9 Å². The van der Waals surface area contributed by atoms with E-state index in [9.17, 15) is 4.79 Å². The number of hydrogen-bond acceptors (Lipinski definition) is 5. The number of carbonyl (C=O) groups is 1. The van der Waals surface area contributed by atoms with E-state index < -0.39 is 5.60 Å². The Labute approximate surface area is 282 Å². The quantitative estimate of drug-likeness (QED) is 0.169. The maximum Gasteiger partial charge on any atom is 0.411 e. The molecule has 0 radical (unpaired) electrons. The van der Waals surface area contributed by atoms with Crippen LogP contribution in [0.3, 0.4) is 0 Å². The van der Waals surface area contributed by atoms with Crippen LogP contribution in [0.15, 0.2) is 60.8 Å². The van der Waals surface area contributed by atoms with Crippen molar-refractivity contribution in [3.05, 3.63) is 83.6 Å². The molecule has 2 saturated carbocycles. The number of hydrogen-bond donors (Lipinski definition) is 3. The number of H-pyrrole nitrogens is 2. The van der Waals surface area contributed by atoms with E-state index in [2.05, 4.69) is 114 Å². The van der Waals surface area contributed by atoms with Gasteiger partial charge in [-0.1, -0.05) is 56.9 Å². The summed E-state index contributed by atoms with van der Waals surface area (Å²) in [6.45, 7) is 14.7. The van der Waals surface area contributed by atoms with Crippen LogP contribution in [0.25, 0.3) is 33.1 Å². The molecule has 246 valence electrons. The van der Waals surface area contributed by atoms with E-state index in [-0.39, 0.29) is 24.2 Å². The number of rotatable bonds is 5. The van der Waals surface area contributed by atoms with Gasteiger partial charge in [-0.15, -0.1) is 0 Å². The zero-order chi connectivity index (χ0) is 33.5. The largest absolute Gasteiger partial charge is 0.444 e. The second-order valence-corrected chi connectivity index (χ2v) is 15.3. The van der Waals surface area contributed by atoms with Crippen LogP contribution in [0.2, 0.25) is 0 Å². The fourth-order valence-corrected chi connectivity index (χ4v) is 7.69. The van der Waals surface area contributed by atoms with Gasteiger partial charge in [-0.05, 0) is 99.1 Å². The molecule has 48 heavy (non-hydrogen) atoms. The van der Waals surface area contributed by atoms with Crippen LogP contribution in [-0.2, 0) is 4.74 Å². The van der Waals surface area contributed by atoms with Gasteiger partial charge in [0.05, 0.1) is 35.0 Å². The molecule has 3 N–H and O–H groups in total. The molecule has 3 heterocycles. The SMILES string of the molecule is CC(NC1C(C)C1C)c1ncc(-c2ccc(C#Cc3ccc4c(ccc5[nH]c(C6CC7C(C)C7N6C(=O)OC(C)(C)C)nc54)c3)cc2)[nH]1. The van der Waals surface area contributed by atoms with Crippen LogP contribution < -0.4 is 5.32 Å². The smallest absolute Gasteiger partial charge is 0.411 e. The van der Waals surface area contributed by atoms with Crippen molar-refractivity contribution < 1.29 is 9.53 Å². The first-order valence-corrected chi connectivity index (χ1v) is 17.3. The molecule has 7 atom stereocenters. The third-order valence-electron chi connectivity index (χ3n) is 10.9. The number of aromatic amines is 2. The maximum atomic E-state index is 13.3. The summed E-state index contributed by atoms with van der Waals surface area (Å²) in [6.07, 6.45) is 2.57. The molecule has 1 saturated heterocycles. The lowest BCUT2D eigenvalue weighted by atomic mass is 10.1. The summed E-state index contributed by atoms with van der Waals surface area (Å²) in [7, 11) is 0. The van der Waals surface area contributed by atoms with Gasteiger partial charge >= 0.3 is 6.09 Å². The molecule has 0 bridgehead atoms. The van der Waals surface area contributed by atoms with Crippen LogP contribution in [0, 0.1) is 35.5 Å². The second kappa shape index (κ2) is 11.2. The van der Waals surface area contributed by atoms with E-state index >= 15 is 0 Å². The molecular weight excluding hydrogens is 596 g/mol. The van der Waals surface area contributed by atoms with E-state index in [0.29, 0.717) is 17.9 Å². The van der Waals surface area contributed by atoms with E-state index in [1.807, 2.05) is 31.9 Å². The van der Waals surface area contributed by atoms with Crippen molar-refractivity contribution in [2.75, 3.05) is 0 Å². The van der Waals surface area contributed by atoms with E-state index in [1.165, 1.54) is 0 Å². The minimum Gasteiger partial charge on any atom is -0.444 e. The van der Waals surface area contributed by atoms with Gasteiger partial charge in [-0.25, -0.2) is 14.8 Å². The van der Waals surface area contributed by atoms with Crippen molar-refractivity contribution in [3.63, 3.8) is 0 Å². The van der Waals surface area contributed by atoms with Crippen LogP contribution in [0.5, 0.6) is 0 Å². The van der Waals surface area contributed by atoms with Crippen molar-refractivity contribution in [2.24, 2.45) is 23.7 Å². The van der Waals surface area contributed by atoms with Crippen molar-refractivity contribution in [1.82, 2.24) is 30.2 Å². The fourth-order valence-electron chi connectivity index (χ4n) is 7.69. The minimum absolute atomic E-state index is 0.110. The molecular formula is C40H44N6O2. The Hall–Kier alpha value is -4.61. The van der Waals surface area contributed by atoms with Crippen LogP contribution in [-0.4, -0.2) is 48.6 Å². The fraction of sp³-hybridized carbons (Fsp3) is 0.425. The van der Waals surface area contributed by atoms with Gasteiger partial charge in [0.1, 0.15) is 17.2 Å². The molecule has 8 heteroatoms. The van der Waals surface area contributed by atoms with Crippen molar-refractivity contribution in [2.45, 2.75) is 84.7 Å². The highest BCUT2D eigenvalue weighted by Gasteiger charge is 2.61. The first kappa shape index (κ1) is 30.7. The Kier molecular flexibility index (Phi) is 7.19. The molecule has 8 rings (SSSR count). The summed E-state index contributed by atoms with van der Waals surface area (Å²) < 4.78 is 5.81. The molecule has 7 unspecified atom stereocenters. The maximum absolute atomic E-state index is 13.3. The highest BCUT2D eigenvalue weighted by Crippen LogP contribution is 2.57. The summed E-state index contributed by atoms with van der Waals surface area (Å²) in [6, 6.07) is 19.6. The van der Waals surface area contributed by atoms with Crippen LogP contribution in [0.1, 0.15) is 89.7 Å². The predicted octanol–water partition coefficient (Wildman–Crippen LogP) is 8.13. The zero-order valence-electron chi connectivity index (χ0n) is 28.8. The van der Waals surface area contributed by atoms with Gasteiger partial charge in [-0.3, -0.25) is 4.90 Å². The van der Waals surface area contributed by atoms with Crippen molar-refractivity contribution in [1.29, 1.82) is 0 Å². The molecule has 2 aromatic heterocycles. The average molecular weight is 641 g/mol. The second-order valence-electron chi connectivity index (χ2n) is 15.3. The van der Waals surface area contributed by atoms with Crippen LogP contribution >= 0.6 is 0 Å². The highest BCUT2D eigenvalue weighted by atomic mass is 16.6. The number of piperidine rings is 1. The molecule has 3 aromatic carbocycles. The number of ether oxygens (including phenoxy) is 1.